The van der Waals surface area contributed by atoms with Crippen LogP contribution in [-0.4, -0.2) is 23.9 Å². The molecule has 0 atom stereocenters. The summed E-state index contributed by atoms with van der Waals surface area (Å²) in [6.07, 6.45) is 13.3. The van der Waals surface area contributed by atoms with E-state index < -0.39 is 0 Å². The zero-order valence-electron chi connectivity index (χ0n) is 12.8. The molecule has 0 unspecified atom stereocenters. The van der Waals surface area contributed by atoms with Crippen LogP contribution in [0.15, 0.2) is 23.8 Å². The summed E-state index contributed by atoms with van der Waals surface area (Å²) in [4.78, 5) is 14.2. The molecule has 0 bridgehead atoms. The van der Waals surface area contributed by atoms with Crippen molar-refractivity contribution in [3.05, 3.63) is 23.8 Å². The molecular formula is C17H29NO. The average molecular weight is 263 g/mol. The molecule has 1 rings (SSSR count). The molecule has 0 radical (unpaired) electrons. The van der Waals surface area contributed by atoms with Gasteiger partial charge in [-0.05, 0) is 45.4 Å². The minimum absolute atomic E-state index is 0.340. The van der Waals surface area contributed by atoms with Crippen LogP contribution in [0.3, 0.4) is 0 Å². The Hall–Kier alpha value is -1.05. The lowest BCUT2D eigenvalue weighted by Gasteiger charge is -2.22. The largest absolute Gasteiger partial charge is 0.338 e. The van der Waals surface area contributed by atoms with Crippen LogP contribution < -0.4 is 0 Å². The van der Waals surface area contributed by atoms with Crippen LogP contribution in [0.2, 0.25) is 0 Å². The van der Waals surface area contributed by atoms with Gasteiger partial charge >= 0.3 is 0 Å². The molecule has 108 valence electrons. The van der Waals surface area contributed by atoms with Gasteiger partial charge in [0.1, 0.15) is 0 Å². The first-order chi connectivity index (χ1) is 9.19. The zero-order chi connectivity index (χ0) is 14.1. The lowest BCUT2D eigenvalue weighted by atomic mass is 10.1. The van der Waals surface area contributed by atoms with E-state index in [0.717, 1.165) is 51.6 Å². The van der Waals surface area contributed by atoms with Crippen molar-refractivity contribution in [2.75, 3.05) is 13.1 Å². The number of carbonyl (C=O) groups is 1. The summed E-state index contributed by atoms with van der Waals surface area (Å²) >= 11 is 0. The Balaban J connectivity index is 2.36. The van der Waals surface area contributed by atoms with Crippen LogP contribution in [0.25, 0.3) is 0 Å². The zero-order valence-corrected chi connectivity index (χ0v) is 12.8. The highest BCUT2D eigenvalue weighted by Crippen LogP contribution is 2.31. The maximum Gasteiger partial charge on any atom is 0.225 e. The maximum atomic E-state index is 12.1. The van der Waals surface area contributed by atoms with E-state index in [1.807, 2.05) is 4.90 Å². The van der Waals surface area contributed by atoms with Gasteiger partial charge in [0.15, 0.2) is 0 Å². The predicted octanol–water partition coefficient (Wildman–Crippen LogP) is 4.33. The molecule has 0 spiro atoms. The van der Waals surface area contributed by atoms with Gasteiger partial charge in [-0.15, -0.1) is 0 Å². The lowest BCUT2D eigenvalue weighted by molar-refractivity contribution is -0.132. The Morgan fingerprint density at radius 2 is 1.95 bits per heavy atom. The third-order valence-electron chi connectivity index (χ3n) is 3.40. The Morgan fingerprint density at radius 1 is 1.21 bits per heavy atom. The fraction of sp³-hybridized carbons (Fsp3) is 0.706. The number of allylic oxidation sites excluding steroid dienone is 3. The van der Waals surface area contributed by atoms with Crippen molar-refractivity contribution < 1.29 is 4.79 Å². The average Bonchev–Trinajstić information content (AvgIpc) is 3.21. The molecule has 0 saturated heterocycles. The van der Waals surface area contributed by atoms with E-state index in [4.69, 9.17) is 0 Å². The van der Waals surface area contributed by atoms with Gasteiger partial charge in [-0.1, -0.05) is 37.6 Å². The molecule has 1 fully saturated rings. The van der Waals surface area contributed by atoms with Crippen molar-refractivity contribution in [3.8, 4) is 0 Å². The van der Waals surface area contributed by atoms with E-state index in [-0.39, 0.29) is 0 Å². The molecule has 1 saturated carbocycles. The number of hydrogen-bond donors (Lipinski definition) is 0. The SMILES string of the molecule is CC/C=C\CC/C=C(/C)CN(CCC)C(=O)C1CC1. The molecule has 0 N–H and O–H groups in total. The molecule has 1 aliphatic rings. The second-order valence-corrected chi connectivity index (χ2v) is 5.54. The normalized spacial score (nSPS) is 16.1. The topological polar surface area (TPSA) is 20.3 Å². The van der Waals surface area contributed by atoms with E-state index in [2.05, 4.69) is 39.0 Å². The van der Waals surface area contributed by atoms with E-state index >= 15 is 0 Å². The van der Waals surface area contributed by atoms with Crippen LogP contribution in [-0.2, 0) is 4.79 Å². The fourth-order valence-electron chi connectivity index (χ4n) is 2.20. The van der Waals surface area contributed by atoms with Crippen LogP contribution >= 0.6 is 0 Å². The monoisotopic (exact) mass is 263 g/mol. The standard InChI is InChI=1S/C17H29NO/c1-4-6-7-8-9-10-15(3)14-18(13-5-2)17(19)16-11-12-16/h6-7,10,16H,4-5,8-9,11-14H2,1-3H3/b7-6-,15-10-. The molecule has 0 aromatic carbocycles. The second kappa shape index (κ2) is 8.95. The van der Waals surface area contributed by atoms with E-state index in [1.165, 1.54) is 5.57 Å². The fourth-order valence-corrected chi connectivity index (χ4v) is 2.20. The van der Waals surface area contributed by atoms with Gasteiger partial charge in [0.2, 0.25) is 5.91 Å². The Morgan fingerprint density at radius 3 is 2.53 bits per heavy atom. The minimum Gasteiger partial charge on any atom is -0.338 e. The van der Waals surface area contributed by atoms with Crippen LogP contribution in [0.5, 0.6) is 0 Å². The van der Waals surface area contributed by atoms with Gasteiger partial charge in [-0.25, -0.2) is 0 Å². The quantitative estimate of drug-likeness (QED) is 0.448. The predicted molar refractivity (Wildman–Crippen MR) is 82.0 cm³/mol. The van der Waals surface area contributed by atoms with Crippen LogP contribution in [0, 0.1) is 5.92 Å². The smallest absolute Gasteiger partial charge is 0.225 e. The van der Waals surface area contributed by atoms with Crippen molar-refractivity contribution in [2.45, 2.75) is 59.3 Å². The number of hydrogen-bond acceptors (Lipinski definition) is 1. The summed E-state index contributed by atoms with van der Waals surface area (Å²) in [6.45, 7) is 8.16. The number of carbonyl (C=O) groups excluding carboxylic acids is 1. The maximum absolute atomic E-state index is 12.1. The van der Waals surface area contributed by atoms with Crippen molar-refractivity contribution in [1.29, 1.82) is 0 Å². The first-order valence-electron chi connectivity index (χ1n) is 7.78. The Bertz CT molecular complexity index is 326. The highest BCUT2D eigenvalue weighted by atomic mass is 16.2. The third-order valence-corrected chi connectivity index (χ3v) is 3.40. The number of unbranched alkanes of at least 4 members (excludes halogenated alkanes) is 1. The first-order valence-corrected chi connectivity index (χ1v) is 7.78. The van der Waals surface area contributed by atoms with Gasteiger partial charge in [0, 0.05) is 19.0 Å². The Kier molecular flexibility index (Phi) is 7.54. The van der Waals surface area contributed by atoms with Gasteiger partial charge < -0.3 is 4.90 Å². The van der Waals surface area contributed by atoms with Crippen molar-refractivity contribution in [2.24, 2.45) is 5.92 Å². The molecule has 1 amide bonds. The summed E-state index contributed by atoms with van der Waals surface area (Å²) in [5.41, 5.74) is 1.33. The number of amides is 1. The summed E-state index contributed by atoms with van der Waals surface area (Å²) in [5, 5.41) is 0. The van der Waals surface area contributed by atoms with Gasteiger partial charge in [-0.2, -0.15) is 0 Å². The van der Waals surface area contributed by atoms with Crippen LogP contribution in [0.1, 0.15) is 59.3 Å². The number of nitrogens with zero attached hydrogens (tertiary/aromatic N) is 1. The summed E-state index contributed by atoms with van der Waals surface area (Å²) < 4.78 is 0. The summed E-state index contributed by atoms with van der Waals surface area (Å²) in [6, 6.07) is 0. The minimum atomic E-state index is 0.340. The molecule has 0 aromatic heterocycles. The van der Waals surface area contributed by atoms with Gasteiger partial charge in [-0.3, -0.25) is 4.79 Å². The molecular weight excluding hydrogens is 234 g/mol. The van der Waals surface area contributed by atoms with Gasteiger partial charge in [0.25, 0.3) is 0 Å². The molecule has 1 aliphatic carbocycles. The van der Waals surface area contributed by atoms with Crippen LogP contribution in [0.4, 0.5) is 0 Å². The second-order valence-electron chi connectivity index (χ2n) is 5.54. The highest BCUT2D eigenvalue weighted by molar-refractivity contribution is 5.81. The van der Waals surface area contributed by atoms with E-state index in [1.54, 1.807) is 0 Å². The van der Waals surface area contributed by atoms with E-state index in [9.17, 15) is 4.79 Å². The Labute approximate surface area is 118 Å². The van der Waals surface area contributed by atoms with Crippen molar-refractivity contribution in [3.63, 3.8) is 0 Å². The molecule has 2 nitrogen and oxygen atoms in total. The molecule has 0 aliphatic heterocycles. The summed E-state index contributed by atoms with van der Waals surface area (Å²) in [7, 11) is 0. The van der Waals surface area contributed by atoms with E-state index in [0.29, 0.717) is 11.8 Å². The van der Waals surface area contributed by atoms with Crippen molar-refractivity contribution >= 4 is 5.91 Å². The van der Waals surface area contributed by atoms with Crippen molar-refractivity contribution in [1.82, 2.24) is 4.90 Å². The summed E-state index contributed by atoms with van der Waals surface area (Å²) in [5.74, 6) is 0.715. The molecule has 2 heteroatoms. The molecule has 0 aromatic rings. The number of rotatable bonds is 9. The highest BCUT2D eigenvalue weighted by Gasteiger charge is 2.32. The molecule has 19 heavy (non-hydrogen) atoms. The third kappa shape index (κ3) is 6.60. The molecule has 0 heterocycles. The van der Waals surface area contributed by atoms with Gasteiger partial charge in [0.05, 0.1) is 0 Å². The lowest BCUT2D eigenvalue weighted by Crippen LogP contribution is -2.34. The first kappa shape index (κ1) is 16.0.